The van der Waals surface area contributed by atoms with E-state index >= 15 is 0 Å². The van der Waals surface area contributed by atoms with E-state index in [1.807, 2.05) is 6.07 Å². The first-order chi connectivity index (χ1) is 14.8. The number of furan rings is 1. The lowest BCUT2D eigenvalue weighted by Gasteiger charge is -2.09. The molecule has 0 saturated carbocycles. The van der Waals surface area contributed by atoms with Gasteiger partial charge in [-0.05, 0) is 74.5 Å². The Morgan fingerprint density at radius 3 is 2.00 bits per heavy atom. The fraction of sp³-hybridized carbons (Fsp3) is 0. The van der Waals surface area contributed by atoms with Crippen LogP contribution in [0, 0.1) is 0 Å². The first-order valence-electron chi connectivity index (χ1n) is 10.1. The van der Waals surface area contributed by atoms with Crippen LogP contribution in [0.15, 0.2) is 99.9 Å². The summed E-state index contributed by atoms with van der Waals surface area (Å²) in [7, 11) is 0. The maximum atomic E-state index is 6.19. The van der Waals surface area contributed by atoms with Crippen molar-refractivity contribution in [3.8, 4) is 33.4 Å². The molecule has 0 aliphatic heterocycles. The summed E-state index contributed by atoms with van der Waals surface area (Å²) in [6.45, 7) is 0. The molecular formula is C28H15BrO. The van der Waals surface area contributed by atoms with Gasteiger partial charge in [0.25, 0.3) is 0 Å². The van der Waals surface area contributed by atoms with Crippen LogP contribution in [-0.4, -0.2) is 0 Å². The third-order valence-electron chi connectivity index (χ3n) is 6.29. The van der Waals surface area contributed by atoms with Crippen molar-refractivity contribution in [2.75, 3.05) is 0 Å². The van der Waals surface area contributed by atoms with E-state index in [1.54, 1.807) is 0 Å². The Morgan fingerprint density at radius 1 is 0.500 bits per heavy atom. The highest BCUT2D eigenvalue weighted by molar-refractivity contribution is 9.10. The van der Waals surface area contributed by atoms with E-state index < -0.39 is 0 Å². The molecule has 1 aliphatic carbocycles. The topological polar surface area (TPSA) is 13.1 Å². The molecule has 0 amide bonds. The Kier molecular flexibility index (Phi) is 3.20. The molecule has 1 aliphatic rings. The van der Waals surface area contributed by atoms with Crippen LogP contribution in [-0.2, 0) is 0 Å². The zero-order chi connectivity index (χ0) is 19.8. The molecule has 0 fully saturated rings. The number of benzene rings is 5. The fourth-order valence-electron chi connectivity index (χ4n) is 4.98. The summed E-state index contributed by atoms with van der Waals surface area (Å²) >= 11 is 3.54. The number of hydrogen-bond donors (Lipinski definition) is 0. The quantitative estimate of drug-likeness (QED) is 0.245. The molecule has 0 bridgehead atoms. The van der Waals surface area contributed by atoms with Gasteiger partial charge in [0.05, 0.1) is 0 Å². The Morgan fingerprint density at radius 2 is 1.17 bits per heavy atom. The van der Waals surface area contributed by atoms with Gasteiger partial charge in [0, 0.05) is 15.2 Å². The second-order valence-electron chi connectivity index (χ2n) is 7.89. The summed E-state index contributed by atoms with van der Waals surface area (Å²) in [5.74, 6) is 0. The number of fused-ring (bicyclic) bond motifs is 6. The molecule has 1 nitrogen and oxygen atoms in total. The van der Waals surface area contributed by atoms with E-state index in [0.29, 0.717) is 0 Å². The third kappa shape index (κ3) is 2.12. The lowest BCUT2D eigenvalue weighted by molar-refractivity contribution is 0.669. The Balaban J connectivity index is 1.50. The van der Waals surface area contributed by atoms with Crippen LogP contribution in [0.4, 0.5) is 0 Å². The van der Waals surface area contributed by atoms with Crippen LogP contribution in [0.25, 0.3) is 66.1 Å². The molecule has 7 rings (SSSR count). The van der Waals surface area contributed by atoms with Gasteiger partial charge in [-0.2, -0.15) is 0 Å². The minimum absolute atomic E-state index is 0.910. The van der Waals surface area contributed by atoms with Crippen molar-refractivity contribution in [2.45, 2.75) is 0 Å². The Bertz CT molecular complexity index is 1630. The minimum atomic E-state index is 0.910. The first kappa shape index (κ1) is 16.4. The smallest absolute Gasteiger partial charge is 0.136 e. The molecule has 30 heavy (non-hydrogen) atoms. The number of rotatable bonds is 1. The zero-order valence-corrected chi connectivity index (χ0v) is 17.5. The van der Waals surface area contributed by atoms with Crippen molar-refractivity contribution < 1.29 is 4.42 Å². The van der Waals surface area contributed by atoms with Gasteiger partial charge in [0.1, 0.15) is 11.2 Å². The molecule has 0 radical (unpaired) electrons. The largest absolute Gasteiger partial charge is 0.456 e. The second-order valence-corrected chi connectivity index (χ2v) is 8.80. The van der Waals surface area contributed by atoms with Crippen molar-refractivity contribution in [3.63, 3.8) is 0 Å². The molecule has 6 aromatic rings. The SMILES string of the molecule is Brc1ccc2c(c1)oc1cc(-c3ccc4c5c(cccc35)-c3ccccc3-4)ccc12. The van der Waals surface area contributed by atoms with Crippen LogP contribution in [0.3, 0.4) is 0 Å². The summed E-state index contributed by atoms with van der Waals surface area (Å²) in [4.78, 5) is 0. The third-order valence-corrected chi connectivity index (χ3v) is 6.79. The zero-order valence-electron chi connectivity index (χ0n) is 15.9. The predicted molar refractivity (Wildman–Crippen MR) is 129 cm³/mol. The average molecular weight is 447 g/mol. The summed E-state index contributed by atoms with van der Waals surface area (Å²) < 4.78 is 7.22. The molecule has 0 saturated heterocycles. The summed E-state index contributed by atoms with van der Waals surface area (Å²) in [5, 5.41) is 4.94. The lowest BCUT2D eigenvalue weighted by atomic mass is 9.94. The van der Waals surface area contributed by atoms with Crippen molar-refractivity contribution >= 4 is 48.6 Å². The molecule has 0 atom stereocenters. The van der Waals surface area contributed by atoms with Crippen LogP contribution < -0.4 is 0 Å². The minimum Gasteiger partial charge on any atom is -0.456 e. The van der Waals surface area contributed by atoms with Crippen LogP contribution in [0.1, 0.15) is 0 Å². The Hall–Kier alpha value is -3.36. The second kappa shape index (κ2) is 5.84. The molecule has 1 heterocycles. The van der Waals surface area contributed by atoms with Gasteiger partial charge >= 0.3 is 0 Å². The molecular weight excluding hydrogens is 432 g/mol. The van der Waals surface area contributed by atoms with E-state index in [1.165, 1.54) is 44.2 Å². The van der Waals surface area contributed by atoms with E-state index in [9.17, 15) is 0 Å². The summed E-state index contributed by atoms with van der Waals surface area (Å²) in [6, 6.07) is 32.6. The van der Waals surface area contributed by atoms with Crippen LogP contribution >= 0.6 is 15.9 Å². The van der Waals surface area contributed by atoms with Gasteiger partial charge in [-0.25, -0.2) is 0 Å². The predicted octanol–water partition coefficient (Wildman–Crippen LogP) is 8.82. The first-order valence-corrected chi connectivity index (χ1v) is 10.8. The highest BCUT2D eigenvalue weighted by Gasteiger charge is 2.22. The van der Waals surface area contributed by atoms with Gasteiger partial charge < -0.3 is 4.42 Å². The number of halogens is 1. The molecule has 0 spiro atoms. The number of hydrogen-bond acceptors (Lipinski definition) is 1. The van der Waals surface area contributed by atoms with Crippen LogP contribution in [0.2, 0.25) is 0 Å². The molecule has 5 aromatic carbocycles. The molecule has 140 valence electrons. The average Bonchev–Trinajstić information content (AvgIpc) is 3.30. The van der Waals surface area contributed by atoms with Crippen molar-refractivity contribution in [1.29, 1.82) is 0 Å². The fourth-order valence-corrected chi connectivity index (χ4v) is 5.32. The van der Waals surface area contributed by atoms with Gasteiger partial charge in [-0.15, -0.1) is 0 Å². The maximum absolute atomic E-state index is 6.19. The van der Waals surface area contributed by atoms with E-state index in [4.69, 9.17) is 4.42 Å². The standard InChI is InChI=1S/C28H15BrO/c29-17-9-11-22-21-10-8-16(14-26(21)30-27(22)15-17)18-12-13-25-20-5-2-1-4-19(20)24-7-3-6-23(18)28(24)25/h1-15H. The lowest BCUT2D eigenvalue weighted by Crippen LogP contribution is -1.83. The maximum Gasteiger partial charge on any atom is 0.136 e. The summed E-state index contributed by atoms with van der Waals surface area (Å²) in [5.41, 5.74) is 9.57. The van der Waals surface area contributed by atoms with Crippen molar-refractivity contribution in [1.82, 2.24) is 0 Å². The Labute approximate surface area is 181 Å². The van der Waals surface area contributed by atoms with Crippen molar-refractivity contribution in [2.24, 2.45) is 0 Å². The molecule has 2 heteroatoms. The van der Waals surface area contributed by atoms with Crippen molar-refractivity contribution in [3.05, 3.63) is 95.5 Å². The molecule has 0 unspecified atom stereocenters. The van der Waals surface area contributed by atoms with Gasteiger partial charge in [0.2, 0.25) is 0 Å². The van der Waals surface area contributed by atoms with E-state index in [0.717, 1.165) is 26.4 Å². The molecule has 1 aromatic heterocycles. The van der Waals surface area contributed by atoms with Gasteiger partial charge in [-0.1, -0.05) is 76.6 Å². The highest BCUT2D eigenvalue weighted by atomic mass is 79.9. The summed E-state index contributed by atoms with van der Waals surface area (Å²) in [6.07, 6.45) is 0. The van der Waals surface area contributed by atoms with Crippen LogP contribution in [0.5, 0.6) is 0 Å². The van der Waals surface area contributed by atoms with E-state index in [2.05, 4.69) is 101 Å². The monoisotopic (exact) mass is 446 g/mol. The normalized spacial score (nSPS) is 12.2. The highest BCUT2D eigenvalue weighted by Crippen LogP contribution is 2.49. The van der Waals surface area contributed by atoms with E-state index in [-0.39, 0.29) is 0 Å². The molecule has 0 N–H and O–H groups in total. The van der Waals surface area contributed by atoms with Gasteiger partial charge in [-0.3, -0.25) is 0 Å². The van der Waals surface area contributed by atoms with Gasteiger partial charge in [0.15, 0.2) is 0 Å².